The van der Waals surface area contributed by atoms with E-state index in [1.54, 1.807) is 0 Å². The normalized spacial score (nSPS) is 12.7. The highest BCUT2D eigenvalue weighted by atomic mass is 35.5. The Balaban J connectivity index is 2.82. The Morgan fingerprint density at radius 3 is 2.13 bits per heavy atom. The number of benzene rings is 1. The highest BCUT2D eigenvalue weighted by Crippen LogP contribution is 2.30. The molecule has 0 N–H and O–H groups in total. The third-order valence-corrected chi connectivity index (χ3v) is 1.98. The van der Waals surface area contributed by atoms with Crippen LogP contribution in [0.15, 0.2) is 35.0 Å². The van der Waals surface area contributed by atoms with Gasteiger partial charge >= 0.3 is 6.18 Å². The minimum absolute atomic E-state index is 0.114. The molecule has 0 aliphatic heterocycles. The van der Waals surface area contributed by atoms with Crippen molar-refractivity contribution in [2.24, 2.45) is 0 Å². The van der Waals surface area contributed by atoms with Crippen molar-refractivity contribution in [2.45, 2.75) is 6.18 Å². The van der Waals surface area contributed by atoms with E-state index in [9.17, 15) is 13.2 Å². The van der Waals surface area contributed by atoms with Crippen LogP contribution in [0.1, 0.15) is 5.56 Å². The summed E-state index contributed by atoms with van der Waals surface area (Å²) in [5, 5.41) is -0.114. The SMILES string of the molecule is FC(F)(F)c1ccc(O/C(Cl)=C\Cl)cc1. The lowest BCUT2D eigenvalue weighted by molar-refractivity contribution is -0.137. The molecule has 1 aromatic carbocycles. The molecule has 0 saturated heterocycles. The van der Waals surface area contributed by atoms with Crippen molar-refractivity contribution < 1.29 is 17.9 Å². The number of ether oxygens (including phenoxy) is 1. The van der Waals surface area contributed by atoms with E-state index in [0.717, 1.165) is 29.8 Å². The van der Waals surface area contributed by atoms with E-state index in [4.69, 9.17) is 27.9 Å². The first-order valence-electron chi connectivity index (χ1n) is 3.74. The first-order chi connectivity index (χ1) is 6.93. The van der Waals surface area contributed by atoms with Gasteiger partial charge in [-0.15, -0.1) is 0 Å². The molecule has 0 atom stereocenters. The van der Waals surface area contributed by atoms with Gasteiger partial charge in [0.25, 0.3) is 0 Å². The van der Waals surface area contributed by atoms with Gasteiger partial charge in [-0.1, -0.05) is 11.6 Å². The molecule has 0 heterocycles. The lowest BCUT2D eigenvalue weighted by Gasteiger charge is -2.07. The Morgan fingerprint density at radius 1 is 1.20 bits per heavy atom. The summed E-state index contributed by atoms with van der Waals surface area (Å²) < 4.78 is 41.3. The monoisotopic (exact) mass is 256 g/mol. The summed E-state index contributed by atoms with van der Waals surface area (Å²) >= 11 is 10.6. The minimum atomic E-state index is -4.36. The van der Waals surface area contributed by atoms with Gasteiger partial charge in [-0.2, -0.15) is 13.2 Å². The fourth-order valence-electron chi connectivity index (χ4n) is 0.847. The second kappa shape index (κ2) is 4.77. The Morgan fingerprint density at radius 2 is 1.73 bits per heavy atom. The summed E-state index contributed by atoms with van der Waals surface area (Å²) in [4.78, 5) is 0. The van der Waals surface area contributed by atoms with Crippen molar-refractivity contribution in [3.63, 3.8) is 0 Å². The van der Waals surface area contributed by atoms with Crippen LogP contribution >= 0.6 is 23.2 Å². The number of alkyl halides is 3. The topological polar surface area (TPSA) is 9.23 Å². The molecule has 1 nitrogen and oxygen atoms in total. The molecule has 0 aliphatic carbocycles. The maximum absolute atomic E-state index is 12.1. The zero-order valence-corrected chi connectivity index (χ0v) is 8.70. The second-order valence-corrected chi connectivity index (χ2v) is 3.13. The fourth-order valence-corrected chi connectivity index (χ4v) is 0.980. The average Bonchev–Trinajstić information content (AvgIpc) is 2.17. The third kappa shape index (κ3) is 3.64. The number of hydrogen-bond acceptors (Lipinski definition) is 1. The van der Waals surface area contributed by atoms with Gasteiger partial charge in [0.15, 0.2) is 0 Å². The van der Waals surface area contributed by atoms with Gasteiger partial charge in [0.05, 0.1) is 11.1 Å². The first-order valence-corrected chi connectivity index (χ1v) is 4.56. The van der Waals surface area contributed by atoms with Crippen LogP contribution in [0.25, 0.3) is 0 Å². The van der Waals surface area contributed by atoms with Crippen molar-refractivity contribution in [1.82, 2.24) is 0 Å². The molecule has 0 radical (unpaired) electrons. The van der Waals surface area contributed by atoms with Crippen LogP contribution in [-0.2, 0) is 6.18 Å². The van der Waals surface area contributed by atoms with E-state index in [-0.39, 0.29) is 11.0 Å². The van der Waals surface area contributed by atoms with E-state index in [1.807, 2.05) is 0 Å². The van der Waals surface area contributed by atoms with E-state index < -0.39 is 11.7 Å². The lowest BCUT2D eigenvalue weighted by atomic mass is 10.2. The van der Waals surface area contributed by atoms with Gasteiger partial charge in [-0.3, -0.25) is 0 Å². The number of hydrogen-bond donors (Lipinski definition) is 0. The summed E-state index contributed by atoms with van der Waals surface area (Å²) in [6.07, 6.45) is -4.36. The smallest absolute Gasteiger partial charge is 0.416 e. The van der Waals surface area contributed by atoms with Gasteiger partial charge in [0.1, 0.15) is 5.75 Å². The molecule has 0 saturated carbocycles. The van der Waals surface area contributed by atoms with Gasteiger partial charge in [0.2, 0.25) is 5.22 Å². The van der Waals surface area contributed by atoms with Crippen LogP contribution in [0, 0.1) is 0 Å². The van der Waals surface area contributed by atoms with E-state index in [1.165, 1.54) is 0 Å². The molecule has 0 fully saturated rings. The van der Waals surface area contributed by atoms with Gasteiger partial charge in [-0.05, 0) is 35.9 Å². The highest BCUT2D eigenvalue weighted by Gasteiger charge is 2.29. The number of halogens is 5. The zero-order chi connectivity index (χ0) is 11.5. The summed E-state index contributed by atoms with van der Waals surface area (Å²) in [6, 6.07) is 4.11. The lowest BCUT2D eigenvalue weighted by Crippen LogP contribution is -2.04. The average molecular weight is 257 g/mol. The van der Waals surface area contributed by atoms with Crippen molar-refractivity contribution in [3.8, 4) is 5.75 Å². The molecule has 6 heteroatoms. The van der Waals surface area contributed by atoms with E-state index in [2.05, 4.69) is 0 Å². The molecule has 0 spiro atoms. The standard InChI is InChI=1S/C9H5Cl2F3O/c10-5-8(11)15-7-3-1-6(2-4-7)9(12,13)14/h1-5H/b8-5-. The Labute approximate surface area is 94.1 Å². The van der Waals surface area contributed by atoms with Crippen LogP contribution < -0.4 is 4.74 Å². The second-order valence-electron chi connectivity index (χ2n) is 2.54. The predicted octanol–water partition coefficient (Wildman–Crippen LogP) is 4.36. The Bertz CT molecular complexity index is 357. The quantitative estimate of drug-likeness (QED) is 0.715. The molecule has 82 valence electrons. The molecular formula is C9H5Cl2F3O. The summed E-state index contributed by atoms with van der Waals surface area (Å²) in [7, 11) is 0. The van der Waals surface area contributed by atoms with Gasteiger partial charge < -0.3 is 4.74 Å². The third-order valence-electron chi connectivity index (χ3n) is 1.48. The number of rotatable bonds is 2. The maximum atomic E-state index is 12.1. The van der Waals surface area contributed by atoms with Crippen molar-refractivity contribution in [1.29, 1.82) is 0 Å². The highest BCUT2D eigenvalue weighted by molar-refractivity contribution is 6.35. The molecule has 1 aromatic rings. The molecular weight excluding hydrogens is 252 g/mol. The molecule has 0 unspecified atom stereocenters. The summed E-state index contributed by atoms with van der Waals surface area (Å²) in [5.74, 6) is 0.185. The molecule has 0 aliphatic rings. The maximum Gasteiger partial charge on any atom is 0.416 e. The molecule has 0 amide bonds. The van der Waals surface area contributed by atoms with E-state index in [0.29, 0.717) is 0 Å². The van der Waals surface area contributed by atoms with Crippen LogP contribution in [-0.4, -0.2) is 0 Å². The largest absolute Gasteiger partial charge is 0.444 e. The van der Waals surface area contributed by atoms with Crippen LogP contribution in [0.5, 0.6) is 5.75 Å². The van der Waals surface area contributed by atoms with Crippen LogP contribution in [0.3, 0.4) is 0 Å². The molecule has 0 bridgehead atoms. The van der Waals surface area contributed by atoms with E-state index >= 15 is 0 Å². The summed E-state index contributed by atoms with van der Waals surface area (Å²) in [5.41, 5.74) is 0.222. The van der Waals surface area contributed by atoms with Crippen molar-refractivity contribution in [2.75, 3.05) is 0 Å². The molecule has 1 rings (SSSR count). The van der Waals surface area contributed by atoms with Gasteiger partial charge in [0, 0.05) is 0 Å². The predicted molar refractivity (Wildman–Crippen MR) is 51.9 cm³/mol. The Hall–Kier alpha value is -0.870. The zero-order valence-electron chi connectivity index (χ0n) is 7.18. The van der Waals surface area contributed by atoms with Crippen molar-refractivity contribution in [3.05, 3.63) is 40.6 Å². The van der Waals surface area contributed by atoms with Crippen molar-refractivity contribution >= 4 is 23.2 Å². The fraction of sp³-hybridized carbons (Fsp3) is 0.111. The molecule has 0 aromatic heterocycles. The minimum Gasteiger partial charge on any atom is -0.444 e. The van der Waals surface area contributed by atoms with Crippen LogP contribution in [0.4, 0.5) is 13.2 Å². The summed E-state index contributed by atoms with van der Waals surface area (Å²) in [6.45, 7) is 0. The van der Waals surface area contributed by atoms with Gasteiger partial charge in [-0.25, -0.2) is 0 Å². The first kappa shape index (κ1) is 12.2. The van der Waals surface area contributed by atoms with Crippen LogP contribution in [0.2, 0.25) is 0 Å². The Kier molecular flexibility index (Phi) is 3.88. The molecule has 15 heavy (non-hydrogen) atoms.